The third kappa shape index (κ3) is 4.08. The van der Waals surface area contributed by atoms with Gasteiger partial charge in [0.25, 0.3) is 0 Å². The molecule has 7 heteroatoms. The molecular formula is C12H14BrCl2NO2S. The predicted molar refractivity (Wildman–Crippen MR) is 81.8 cm³/mol. The van der Waals surface area contributed by atoms with Gasteiger partial charge >= 0.3 is 0 Å². The Labute approximate surface area is 131 Å². The van der Waals surface area contributed by atoms with Crippen LogP contribution in [0.4, 0.5) is 0 Å². The molecule has 0 aliphatic heterocycles. The molecular weight excluding hydrogens is 373 g/mol. The predicted octanol–water partition coefficient (Wildman–Crippen LogP) is 3.98. The zero-order chi connectivity index (χ0) is 14.0. The highest BCUT2D eigenvalue weighted by atomic mass is 79.9. The molecule has 1 N–H and O–H groups in total. The van der Waals surface area contributed by atoms with E-state index in [9.17, 15) is 8.42 Å². The molecule has 0 amide bonds. The van der Waals surface area contributed by atoms with Gasteiger partial charge in [-0.25, -0.2) is 13.1 Å². The van der Waals surface area contributed by atoms with Crippen LogP contribution in [0.2, 0.25) is 10.0 Å². The number of sulfonamides is 1. The number of benzene rings is 1. The van der Waals surface area contributed by atoms with Gasteiger partial charge < -0.3 is 0 Å². The molecule has 0 unspecified atom stereocenters. The minimum Gasteiger partial charge on any atom is -0.208 e. The van der Waals surface area contributed by atoms with Crippen LogP contribution in [-0.2, 0) is 10.0 Å². The van der Waals surface area contributed by atoms with Crippen molar-refractivity contribution in [2.75, 3.05) is 0 Å². The summed E-state index contributed by atoms with van der Waals surface area (Å²) in [7, 11) is -3.53. The number of rotatable bonds is 3. The molecule has 1 aliphatic carbocycles. The Morgan fingerprint density at radius 3 is 2.32 bits per heavy atom. The maximum Gasteiger partial charge on any atom is 0.240 e. The monoisotopic (exact) mass is 385 g/mol. The lowest BCUT2D eigenvalue weighted by molar-refractivity contribution is 0.422. The van der Waals surface area contributed by atoms with Crippen molar-refractivity contribution >= 4 is 49.2 Å². The number of halogens is 3. The van der Waals surface area contributed by atoms with E-state index in [1.54, 1.807) is 0 Å². The van der Waals surface area contributed by atoms with Gasteiger partial charge in [-0.2, -0.15) is 0 Å². The van der Waals surface area contributed by atoms with E-state index in [1.807, 2.05) is 0 Å². The molecule has 1 saturated carbocycles. The summed E-state index contributed by atoms with van der Waals surface area (Å²) in [4.78, 5) is 0.654. The van der Waals surface area contributed by atoms with Crippen LogP contribution in [0.15, 0.2) is 23.1 Å². The fraction of sp³-hybridized carbons (Fsp3) is 0.500. The highest BCUT2D eigenvalue weighted by Gasteiger charge is 2.24. The SMILES string of the molecule is O=S(=O)(NC1CCC(Br)CC1)c1ccc(Cl)c(Cl)c1. The van der Waals surface area contributed by atoms with Crippen molar-refractivity contribution in [1.82, 2.24) is 4.72 Å². The van der Waals surface area contributed by atoms with Crippen LogP contribution in [-0.4, -0.2) is 19.3 Å². The van der Waals surface area contributed by atoms with E-state index in [4.69, 9.17) is 23.2 Å². The Balaban J connectivity index is 2.11. The van der Waals surface area contributed by atoms with Gasteiger partial charge in [0.2, 0.25) is 10.0 Å². The normalized spacial score (nSPS) is 24.4. The lowest BCUT2D eigenvalue weighted by Crippen LogP contribution is -2.37. The Morgan fingerprint density at radius 2 is 1.74 bits per heavy atom. The molecule has 0 aromatic heterocycles. The Hall–Kier alpha value is 0.190. The van der Waals surface area contributed by atoms with Gasteiger partial charge in [0.15, 0.2) is 0 Å². The molecule has 2 rings (SSSR count). The van der Waals surface area contributed by atoms with Crippen LogP contribution in [0.25, 0.3) is 0 Å². The minimum atomic E-state index is -3.53. The van der Waals surface area contributed by atoms with E-state index in [0.29, 0.717) is 9.85 Å². The molecule has 0 bridgehead atoms. The highest BCUT2D eigenvalue weighted by Crippen LogP contribution is 2.27. The topological polar surface area (TPSA) is 46.2 Å². The Bertz CT molecular complexity index is 557. The molecule has 3 nitrogen and oxygen atoms in total. The van der Waals surface area contributed by atoms with Crippen LogP contribution in [0.3, 0.4) is 0 Å². The third-order valence-corrected chi connectivity index (χ3v) is 6.35. The molecule has 19 heavy (non-hydrogen) atoms. The number of nitrogens with one attached hydrogen (secondary N) is 1. The first kappa shape index (κ1) is 15.6. The largest absolute Gasteiger partial charge is 0.240 e. The maximum absolute atomic E-state index is 12.2. The Kier molecular flexibility index (Phi) is 5.17. The highest BCUT2D eigenvalue weighted by molar-refractivity contribution is 9.09. The maximum atomic E-state index is 12.2. The lowest BCUT2D eigenvalue weighted by atomic mass is 9.96. The van der Waals surface area contributed by atoms with Crippen LogP contribution in [0.1, 0.15) is 25.7 Å². The molecule has 0 saturated heterocycles. The first-order valence-corrected chi connectivity index (χ1v) is 9.15. The van der Waals surface area contributed by atoms with Crippen molar-refractivity contribution in [3.8, 4) is 0 Å². The quantitative estimate of drug-likeness (QED) is 0.798. The summed E-state index contributed by atoms with van der Waals surface area (Å²) >= 11 is 15.2. The second-order valence-corrected chi connectivity index (χ2v) is 8.47. The Morgan fingerprint density at radius 1 is 1.11 bits per heavy atom. The minimum absolute atomic E-state index is 0.00625. The van der Waals surface area contributed by atoms with Crippen LogP contribution in [0.5, 0.6) is 0 Å². The van der Waals surface area contributed by atoms with Gasteiger partial charge in [-0.15, -0.1) is 0 Å². The van der Waals surface area contributed by atoms with Crippen LogP contribution in [0, 0.1) is 0 Å². The van der Waals surface area contributed by atoms with Gasteiger partial charge in [0.1, 0.15) is 0 Å². The molecule has 0 radical (unpaired) electrons. The number of hydrogen-bond donors (Lipinski definition) is 1. The summed E-state index contributed by atoms with van der Waals surface area (Å²) in [6.07, 6.45) is 3.65. The van der Waals surface area contributed by atoms with Crippen molar-refractivity contribution in [1.29, 1.82) is 0 Å². The van der Waals surface area contributed by atoms with Gasteiger partial charge in [-0.05, 0) is 43.9 Å². The van der Waals surface area contributed by atoms with E-state index >= 15 is 0 Å². The standard InChI is InChI=1S/C12H14BrCl2NO2S/c13-8-1-3-9(4-2-8)16-19(17,18)10-5-6-11(14)12(15)7-10/h5-9,16H,1-4H2. The second-order valence-electron chi connectivity index (χ2n) is 4.65. The smallest absolute Gasteiger partial charge is 0.208 e. The summed E-state index contributed by atoms with van der Waals surface area (Å²) < 4.78 is 27.2. The van der Waals surface area contributed by atoms with Crippen molar-refractivity contribution in [3.63, 3.8) is 0 Å². The summed E-state index contributed by atoms with van der Waals surface area (Å²) in [6.45, 7) is 0. The van der Waals surface area contributed by atoms with Crippen molar-refractivity contribution in [2.45, 2.75) is 41.4 Å². The van der Waals surface area contributed by atoms with Crippen LogP contribution >= 0.6 is 39.1 Å². The van der Waals surface area contributed by atoms with Crippen molar-refractivity contribution < 1.29 is 8.42 Å². The first-order chi connectivity index (χ1) is 8.88. The third-order valence-electron chi connectivity index (χ3n) is 3.18. The van der Waals surface area contributed by atoms with Gasteiger partial charge in [0.05, 0.1) is 14.9 Å². The summed E-state index contributed by atoms with van der Waals surface area (Å²) in [6, 6.07) is 4.33. The summed E-state index contributed by atoms with van der Waals surface area (Å²) in [5.74, 6) is 0. The molecule has 1 aromatic carbocycles. The zero-order valence-electron chi connectivity index (χ0n) is 10.1. The summed E-state index contributed by atoms with van der Waals surface area (Å²) in [5, 5.41) is 0.592. The van der Waals surface area contributed by atoms with Crippen LogP contribution < -0.4 is 4.72 Å². The second kappa shape index (κ2) is 6.31. The molecule has 0 heterocycles. The molecule has 106 valence electrons. The van der Waals surface area contributed by atoms with Crippen molar-refractivity contribution in [2.24, 2.45) is 0 Å². The molecule has 1 aliphatic rings. The van der Waals surface area contributed by atoms with Crippen molar-refractivity contribution in [3.05, 3.63) is 28.2 Å². The molecule has 0 atom stereocenters. The average Bonchev–Trinajstić information content (AvgIpc) is 2.35. The lowest BCUT2D eigenvalue weighted by Gasteiger charge is -2.25. The van der Waals surface area contributed by atoms with E-state index < -0.39 is 10.0 Å². The fourth-order valence-corrected chi connectivity index (χ4v) is 4.32. The number of hydrogen-bond acceptors (Lipinski definition) is 2. The van der Waals surface area contributed by atoms with E-state index in [1.165, 1.54) is 18.2 Å². The first-order valence-electron chi connectivity index (χ1n) is 6.00. The molecule has 0 spiro atoms. The molecule has 1 aromatic rings. The van der Waals surface area contributed by atoms with Gasteiger partial charge in [-0.3, -0.25) is 0 Å². The summed E-state index contributed by atoms with van der Waals surface area (Å²) in [5.41, 5.74) is 0. The van der Waals surface area contributed by atoms with E-state index in [0.717, 1.165) is 25.7 Å². The van der Waals surface area contributed by atoms with Gasteiger partial charge in [0, 0.05) is 10.9 Å². The van der Waals surface area contributed by atoms with E-state index in [2.05, 4.69) is 20.7 Å². The average molecular weight is 387 g/mol. The van der Waals surface area contributed by atoms with Gasteiger partial charge in [-0.1, -0.05) is 39.1 Å². The number of alkyl halides is 1. The molecule has 1 fully saturated rings. The zero-order valence-corrected chi connectivity index (χ0v) is 14.0. The van der Waals surface area contributed by atoms with E-state index in [-0.39, 0.29) is 16.0 Å². The fourth-order valence-electron chi connectivity index (χ4n) is 2.10.